The first-order chi connectivity index (χ1) is 6.70. The number of nitrogens with one attached hydrogen (secondary N) is 1. The smallest absolute Gasteiger partial charge is 0.193 e. The molecule has 0 aliphatic heterocycles. The molecular weight excluding hydrogens is 180 g/mol. The van der Waals surface area contributed by atoms with Crippen LogP contribution in [0.15, 0.2) is 12.1 Å². The zero-order chi connectivity index (χ0) is 10.1. The number of rotatable bonds is 2. The van der Waals surface area contributed by atoms with Gasteiger partial charge in [0, 0.05) is 11.5 Å². The molecule has 0 aliphatic carbocycles. The predicted octanol–water partition coefficient (Wildman–Crippen LogP) is 1.13. The molecule has 0 radical (unpaired) electrons. The van der Waals surface area contributed by atoms with E-state index in [0.29, 0.717) is 29.6 Å². The number of nitrogen functional groups attached to an aromatic ring is 2. The molecule has 0 saturated heterocycles. The van der Waals surface area contributed by atoms with Gasteiger partial charge in [-0.05, 0) is 13.0 Å². The van der Waals surface area contributed by atoms with Gasteiger partial charge in [0.25, 0.3) is 0 Å². The molecule has 5 N–H and O–H groups in total. The van der Waals surface area contributed by atoms with Crippen molar-refractivity contribution in [3.63, 3.8) is 0 Å². The van der Waals surface area contributed by atoms with Crippen molar-refractivity contribution in [2.75, 3.05) is 18.1 Å². The summed E-state index contributed by atoms with van der Waals surface area (Å²) in [5.74, 6) is 1.02. The van der Waals surface area contributed by atoms with Crippen molar-refractivity contribution in [3.8, 4) is 5.88 Å². The molecule has 0 spiro atoms. The lowest BCUT2D eigenvalue weighted by molar-refractivity contribution is 0.329. The van der Waals surface area contributed by atoms with Crippen molar-refractivity contribution in [2.45, 2.75) is 6.92 Å². The second-order valence-corrected chi connectivity index (χ2v) is 2.97. The molecule has 74 valence electrons. The summed E-state index contributed by atoms with van der Waals surface area (Å²) in [5.41, 5.74) is 12.4. The molecular formula is C9H12N4O. The van der Waals surface area contributed by atoms with Crippen LogP contribution in [0.4, 0.5) is 11.5 Å². The Hall–Kier alpha value is -1.91. The quantitative estimate of drug-likeness (QED) is 0.665. The Labute approximate surface area is 81.1 Å². The van der Waals surface area contributed by atoms with E-state index in [2.05, 4.69) is 9.97 Å². The number of nitrogens with two attached hydrogens (primary N) is 2. The first-order valence-corrected chi connectivity index (χ1v) is 4.38. The van der Waals surface area contributed by atoms with Gasteiger partial charge >= 0.3 is 0 Å². The maximum absolute atomic E-state index is 5.63. The molecule has 2 rings (SSSR count). The highest BCUT2D eigenvalue weighted by atomic mass is 16.5. The second-order valence-electron chi connectivity index (χ2n) is 2.97. The average molecular weight is 192 g/mol. The minimum Gasteiger partial charge on any atom is -0.479 e. The summed E-state index contributed by atoms with van der Waals surface area (Å²) < 4.78 is 5.29. The predicted molar refractivity (Wildman–Crippen MR) is 56.1 cm³/mol. The minimum absolute atomic E-state index is 0.336. The Kier molecular flexibility index (Phi) is 1.92. The van der Waals surface area contributed by atoms with Crippen molar-refractivity contribution in [3.05, 3.63) is 12.1 Å². The largest absolute Gasteiger partial charge is 0.479 e. The number of nitrogens with zero attached hydrogens (tertiary/aromatic N) is 1. The molecule has 0 bridgehead atoms. The van der Waals surface area contributed by atoms with E-state index in [1.165, 1.54) is 0 Å². The van der Waals surface area contributed by atoms with Crippen LogP contribution in [0, 0.1) is 0 Å². The molecule has 5 nitrogen and oxygen atoms in total. The van der Waals surface area contributed by atoms with Gasteiger partial charge in [-0.15, -0.1) is 0 Å². The first-order valence-electron chi connectivity index (χ1n) is 4.38. The van der Waals surface area contributed by atoms with Crippen LogP contribution < -0.4 is 16.2 Å². The molecule has 14 heavy (non-hydrogen) atoms. The lowest BCUT2D eigenvalue weighted by Gasteiger charge is -1.97. The fraction of sp³-hybridized carbons (Fsp3) is 0.222. The maximum Gasteiger partial charge on any atom is 0.193 e. The summed E-state index contributed by atoms with van der Waals surface area (Å²) in [6.07, 6.45) is 0. The third kappa shape index (κ3) is 1.32. The molecule has 0 saturated carbocycles. The van der Waals surface area contributed by atoms with E-state index in [0.717, 1.165) is 5.39 Å². The van der Waals surface area contributed by atoms with Crippen molar-refractivity contribution in [2.24, 2.45) is 0 Å². The number of hydrogen-bond acceptors (Lipinski definition) is 4. The lowest BCUT2D eigenvalue weighted by Crippen LogP contribution is -1.97. The van der Waals surface area contributed by atoms with E-state index in [4.69, 9.17) is 16.2 Å². The van der Waals surface area contributed by atoms with Crippen LogP contribution in [0.1, 0.15) is 6.92 Å². The Balaban J connectivity index is 2.54. The number of hydrogen-bond donors (Lipinski definition) is 3. The van der Waals surface area contributed by atoms with Gasteiger partial charge in [0.15, 0.2) is 5.88 Å². The van der Waals surface area contributed by atoms with Gasteiger partial charge in [-0.3, -0.25) is 0 Å². The third-order valence-corrected chi connectivity index (χ3v) is 1.94. The van der Waals surface area contributed by atoms with E-state index in [9.17, 15) is 0 Å². The molecule has 2 aromatic heterocycles. The van der Waals surface area contributed by atoms with Gasteiger partial charge in [-0.25, -0.2) is 4.98 Å². The molecule has 2 heterocycles. The number of ether oxygens (including phenoxy) is 1. The van der Waals surface area contributed by atoms with Crippen LogP contribution in [0.2, 0.25) is 0 Å². The first kappa shape index (κ1) is 8.68. The van der Waals surface area contributed by atoms with Crippen LogP contribution in [0.25, 0.3) is 11.0 Å². The van der Waals surface area contributed by atoms with Crippen LogP contribution in [0.5, 0.6) is 5.88 Å². The van der Waals surface area contributed by atoms with Gasteiger partial charge < -0.3 is 21.2 Å². The van der Waals surface area contributed by atoms with E-state index in [1.807, 2.05) is 13.0 Å². The molecule has 0 aromatic carbocycles. The molecule has 0 fully saturated rings. The number of aromatic amines is 1. The summed E-state index contributed by atoms with van der Waals surface area (Å²) in [6, 6.07) is 3.62. The molecule has 0 aliphatic rings. The van der Waals surface area contributed by atoms with E-state index in [-0.39, 0.29) is 0 Å². The maximum atomic E-state index is 5.63. The number of anilines is 2. The summed E-state index contributed by atoms with van der Waals surface area (Å²) in [7, 11) is 0. The molecule has 5 heteroatoms. The van der Waals surface area contributed by atoms with Gasteiger partial charge in [-0.2, -0.15) is 0 Å². The molecule has 2 aromatic rings. The Morgan fingerprint density at radius 1 is 1.43 bits per heavy atom. The lowest BCUT2D eigenvalue weighted by atomic mass is 10.3. The third-order valence-electron chi connectivity index (χ3n) is 1.94. The highest BCUT2D eigenvalue weighted by Gasteiger charge is 2.05. The average Bonchev–Trinajstić information content (AvgIpc) is 2.48. The summed E-state index contributed by atoms with van der Waals surface area (Å²) in [6.45, 7) is 2.53. The SMILES string of the molecule is CCOc1cc2cc(N)c(N)nc2[nH]1. The molecule has 0 amide bonds. The monoisotopic (exact) mass is 192 g/mol. The Bertz CT molecular complexity index is 424. The topological polar surface area (TPSA) is 89.9 Å². The van der Waals surface area contributed by atoms with Crippen molar-refractivity contribution in [1.29, 1.82) is 0 Å². The standard InChI is InChI=1S/C9H12N4O/c1-2-14-7-4-5-3-6(10)8(11)13-9(5)12-7/h3-4H,2,10H2,1H3,(H3,11,12,13). The fourth-order valence-electron chi connectivity index (χ4n) is 1.30. The highest BCUT2D eigenvalue weighted by Crippen LogP contribution is 2.23. The van der Waals surface area contributed by atoms with Gasteiger partial charge in [0.05, 0.1) is 12.3 Å². The Morgan fingerprint density at radius 3 is 2.93 bits per heavy atom. The van der Waals surface area contributed by atoms with Crippen LogP contribution in [-0.2, 0) is 0 Å². The molecule has 0 unspecified atom stereocenters. The zero-order valence-corrected chi connectivity index (χ0v) is 7.87. The van der Waals surface area contributed by atoms with Crippen LogP contribution in [-0.4, -0.2) is 16.6 Å². The molecule has 0 atom stereocenters. The number of aromatic nitrogens is 2. The van der Waals surface area contributed by atoms with E-state index < -0.39 is 0 Å². The van der Waals surface area contributed by atoms with Crippen LogP contribution >= 0.6 is 0 Å². The van der Waals surface area contributed by atoms with E-state index in [1.54, 1.807) is 6.07 Å². The van der Waals surface area contributed by atoms with E-state index >= 15 is 0 Å². The van der Waals surface area contributed by atoms with Gasteiger partial charge in [0.2, 0.25) is 0 Å². The summed E-state index contributed by atoms with van der Waals surface area (Å²) >= 11 is 0. The highest BCUT2D eigenvalue weighted by molar-refractivity contribution is 5.84. The zero-order valence-electron chi connectivity index (χ0n) is 7.87. The van der Waals surface area contributed by atoms with Gasteiger partial charge in [-0.1, -0.05) is 0 Å². The van der Waals surface area contributed by atoms with Crippen molar-refractivity contribution in [1.82, 2.24) is 9.97 Å². The van der Waals surface area contributed by atoms with Crippen LogP contribution in [0.3, 0.4) is 0 Å². The number of H-pyrrole nitrogens is 1. The minimum atomic E-state index is 0.336. The number of fused-ring (bicyclic) bond motifs is 1. The second kappa shape index (κ2) is 3.10. The summed E-state index contributed by atoms with van der Waals surface area (Å²) in [4.78, 5) is 7.09. The normalized spacial score (nSPS) is 10.6. The number of pyridine rings is 1. The van der Waals surface area contributed by atoms with Gasteiger partial charge in [0.1, 0.15) is 11.5 Å². The van der Waals surface area contributed by atoms with Crippen molar-refractivity contribution < 1.29 is 4.74 Å². The van der Waals surface area contributed by atoms with Crippen molar-refractivity contribution >= 4 is 22.5 Å². The Morgan fingerprint density at radius 2 is 2.21 bits per heavy atom. The fourth-order valence-corrected chi connectivity index (χ4v) is 1.30. The summed E-state index contributed by atoms with van der Waals surface area (Å²) in [5, 5.41) is 0.903.